The molecular weight excluding hydrogens is 348 g/mol. The Labute approximate surface area is 154 Å². The van der Waals surface area contributed by atoms with Gasteiger partial charge in [-0.05, 0) is 36.8 Å². The molecule has 0 fully saturated rings. The Balaban J connectivity index is 1.47. The molecule has 1 amide bonds. The minimum atomic E-state index is -0.132. The first-order valence-corrected chi connectivity index (χ1v) is 8.88. The molecule has 0 spiro atoms. The smallest absolute Gasteiger partial charge is 0.263 e. The first-order chi connectivity index (χ1) is 12.7. The first-order valence-electron chi connectivity index (χ1n) is 8.06. The Hall–Kier alpha value is -3.19. The van der Waals surface area contributed by atoms with Crippen molar-refractivity contribution in [1.82, 2.24) is 19.9 Å². The number of pyridine rings is 1. The van der Waals surface area contributed by atoms with Gasteiger partial charge in [-0.15, -0.1) is 0 Å². The molecule has 0 saturated carbocycles. The van der Waals surface area contributed by atoms with Crippen molar-refractivity contribution in [1.29, 1.82) is 0 Å². The molecule has 7 heteroatoms. The summed E-state index contributed by atoms with van der Waals surface area (Å²) in [4.78, 5) is 21.9. The summed E-state index contributed by atoms with van der Waals surface area (Å²) in [5.74, 6) is -0.132. The number of hydrogen-bond donors (Lipinski definition) is 1. The number of thiazole rings is 1. The summed E-state index contributed by atoms with van der Waals surface area (Å²) in [7, 11) is 0. The van der Waals surface area contributed by atoms with Crippen LogP contribution >= 0.6 is 11.3 Å². The van der Waals surface area contributed by atoms with Gasteiger partial charge in [0.25, 0.3) is 5.91 Å². The van der Waals surface area contributed by atoms with Gasteiger partial charge in [0.2, 0.25) is 0 Å². The van der Waals surface area contributed by atoms with Crippen LogP contribution in [-0.4, -0.2) is 20.4 Å². The van der Waals surface area contributed by atoms with Crippen LogP contribution in [-0.2, 0) is 6.54 Å². The number of furan rings is 1. The highest BCUT2D eigenvalue weighted by atomic mass is 32.1. The van der Waals surface area contributed by atoms with Crippen LogP contribution in [0.4, 0.5) is 0 Å². The molecule has 1 N–H and O–H groups in total. The third-order valence-electron chi connectivity index (χ3n) is 3.92. The molecule has 0 unspecified atom stereocenters. The van der Waals surface area contributed by atoms with E-state index in [4.69, 9.17) is 4.42 Å². The Kier molecular flexibility index (Phi) is 4.37. The van der Waals surface area contributed by atoms with E-state index in [1.54, 1.807) is 24.9 Å². The molecule has 4 aromatic rings. The fourth-order valence-electron chi connectivity index (χ4n) is 2.60. The van der Waals surface area contributed by atoms with Crippen LogP contribution in [0, 0.1) is 6.92 Å². The predicted octanol–water partition coefficient (Wildman–Crippen LogP) is 3.83. The summed E-state index contributed by atoms with van der Waals surface area (Å²) >= 11 is 1.37. The van der Waals surface area contributed by atoms with Gasteiger partial charge in [0.15, 0.2) is 5.13 Å². The first kappa shape index (κ1) is 16.3. The van der Waals surface area contributed by atoms with E-state index in [0.717, 1.165) is 27.5 Å². The Morgan fingerprint density at radius 3 is 2.88 bits per heavy atom. The number of hydrogen-bond acceptors (Lipinski definition) is 5. The van der Waals surface area contributed by atoms with Crippen LogP contribution in [0.15, 0.2) is 66.0 Å². The zero-order valence-electron chi connectivity index (χ0n) is 14.0. The van der Waals surface area contributed by atoms with Crippen molar-refractivity contribution >= 4 is 17.2 Å². The molecule has 0 aliphatic rings. The number of nitrogens with one attached hydrogen (secondary N) is 1. The highest BCUT2D eigenvalue weighted by molar-refractivity contribution is 7.16. The SMILES string of the molecule is Cc1nc(-n2cccc2)sc1C(=O)NCc1cncc(-c2ccoc2)c1. The summed E-state index contributed by atoms with van der Waals surface area (Å²) in [6.07, 6.45) is 10.6. The van der Waals surface area contributed by atoms with Crippen LogP contribution in [0.25, 0.3) is 16.3 Å². The van der Waals surface area contributed by atoms with Crippen molar-refractivity contribution in [3.63, 3.8) is 0 Å². The second kappa shape index (κ2) is 6.97. The number of aromatic nitrogens is 3. The Morgan fingerprint density at radius 1 is 1.27 bits per heavy atom. The van der Waals surface area contributed by atoms with Gasteiger partial charge in [0, 0.05) is 42.5 Å². The molecule has 0 bridgehead atoms. The van der Waals surface area contributed by atoms with Gasteiger partial charge in [0.05, 0.1) is 18.2 Å². The topological polar surface area (TPSA) is 73.0 Å². The lowest BCUT2D eigenvalue weighted by molar-refractivity contribution is 0.0954. The summed E-state index contributed by atoms with van der Waals surface area (Å²) in [5, 5.41) is 3.72. The highest BCUT2D eigenvalue weighted by Crippen LogP contribution is 2.22. The van der Waals surface area contributed by atoms with Crippen LogP contribution in [0.2, 0.25) is 0 Å². The van der Waals surface area contributed by atoms with Crippen LogP contribution < -0.4 is 5.32 Å². The zero-order valence-corrected chi connectivity index (χ0v) is 14.9. The summed E-state index contributed by atoms with van der Waals surface area (Å²) in [5.41, 5.74) is 3.56. The number of rotatable bonds is 5. The van der Waals surface area contributed by atoms with Gasteiger partial charge in [-0.1, -0.05) is 11.3 Å². The van der Waals surface area contributed by atoms with E-state index < -0.39 is 0 Å². The summed E-state index contributed by atoms with van der Waals surface area (Å²) in [6, 6.07) is 7.72. The number of carbonyl (C=O) groups is 1. The highest BCUT2D eigenvalue weighted by Gasteiger charge is 2.16. The third-order valence-corrected chi connectivity index (χ3v) is 5.09. The normalized spacial score (nSPS) is 10.8. The van der Waals surface area contributed by atoms with Crippen molar-refractivity contribution in [3.8, 4) is 16.3 Å². The lowest BCUT2D eigenvalue weighted by Crippen LogP contribution is -2.22. The minimum Gasteiger partial charge on any atom is -0.472 e. The molecular formula is C19H16N4O2S. The molecule has 0 aliphatic heterocycles. The average Bonchev–Trinajstić information content (AvgIpc) is 3.40. The molecule has 0 radical (unpaired) electrons. The van der Waals surface area contributed by atoms with Crippen molar-refractivity contribution in [2.45, 2.75) is 13.5 Å². The summed E-state index contributed by atoms with van der Waals surface area (Å²) < 4.78 is 7.00. The van der Waals surface area contributed by atoms with E-state index in [1.807, 2.05) is 48.1 Å². The van der Waals surface area contributed by atoms with Crippen molar-refractivity contribution in [2.24, 2.45) is 0 Å². The Morgan fingerprint density at radius 2 is 2.12 bits per heavy atom. The Bertz CT molecular complexity index is 1020. The van der Waals surface area contributed by atoms with E-state index in [9.17, 15) is 4.79 Å². The van der Waals surface area contributed by atoms with Gasteiger partial charge in [-0.2, -0.15) is 0 Å². The van der Waals surface area contributed by atoms with Gasteiger partial charge < -0.3 is 14.3 Å². The number of amides is 1. The largest absolute Gasteiger partial charge is 0.472 e. The van der Waals surface area contributed by atoms with Gasteiger partial charge in [0.1, 0.15) is 4.88 Å². The fraction of sp³-hybridized carbons (Fsp3) is 0.105. The van der Waals surface area contributed by atoms with Crippen LogP contribution in [0.5, 0.6) is 0 Å². The minimum absolute atomic E-state index is 0.132. The molecule has 0 aromatic carbocycles. The zero-order chi connectivity index (χ0) is 17.9. The van der Waals surface area contributed by atoms with Crippen molar-refractivity contribution in [3.05, 3.63) is 77.7 Å². The average molecular weight is 364 g/mol. The van der Waals surface area contributed by atoms with Crippen LogP contribution in [0.3, 0.4) is 0 Å². The number of nitrogens with zero attached hydrogens (tertiary/aromatic N) is 3. The van der Waals surface area contributed by atoms with E-state index in [1.165, 1.54) is 11.3 Å². The second-order valence-electron chi connectivity index (χ2n) is 5.78. The maximum absolute atomic E-state index is 12.5. The lowest BCUT2D eigenvalue weighted by Gasteiger charge is -2.05. The molecule has 6 nitrogen and oxygen atoms in total. The summed E-state index contributed by atoms with van der Waals surface area (Å²) in [6.45, 7) is 2.24. The molecule has 26 heavy (non-hydrogen) atoms. The van der Waals surface area contributed by atoms with Crippen LogP contribution in [0.1, 0.15) is 20.9 Å². The maximum atomic E-state index is 12.5. The molecule has 0 atom stereocenters. The lowest BCUT2D eigenvalue weighted by atomic mass is 10.1. The van der Waals surface area contributed by atoms with E-state index in [2.05, 4.69) is 15.3 Å². The molecule has 4 rings (SSSR count). The maximum Gasteiger partial charge on any atom is 0.263 e. The van der Waals surface area contributed by atoms with Gasteiger partial charge >= 0.3 is 0 Å². The van der Waals surface area contributed by atoms with E-state index in [-0.39, 0.29) is 5.91 Å². The number of aryl methyl sites for hydroxylation is 1. The molecule has 4 heterocycles. The van der Waals surface area contributed by atoms with E-state index in [0.29, 0.717) is 11.4 Å². The second-order valence-corrected chi connectivity index (χ2v) is 6.76. The van der Waals surface area contributed by atoms with Crippen molar-refractivity contribution in [2.75, 3.05) is 0 Å². The predicted molar refractivity (Wildman–Crippen MR) is 99.3 cm³/mol. The van der Waals surface area contributed by atoms with Crippen molar-refractivity contribution < 1.29 is 9.21 Å². The van der Waals surface area contributed by atoms with E-state index >= 15 is 0 Å². The van der Waals surface area contributed by atoms with Gasteiger partial charge in [-0.25, -0.2) is 4.98 Å². The number of carbonyl (C=O) groups excluding carboxylic acids is 1. The molecule has 130 valence electrons. The van der Waals surface area contributed by atoms with Gasteiger partial charge in [-0.3, -0.25) is 9.78 Å². The standard InChI is InChI=1S/C19H16N4O2S/c1-13-17(26-19(22-13)23-5-2-3-6-23)18(24)21-10-14-8-16(11-20-9-14)15-4-7-25-12-15/h2-9,11-12H,10H2,1H3,(H,21,24). The third kappa shape index (κ3) is 3.29. The fourth-order valence-corrected chi connectivity index (χ4v) is 3.55. The molecule has 4 aromatic heterocycles. The monoisotopic (exact) mass is 364 g/mol. The molecule has 0 saturated heterocycles. The quantitative estimate of drug-likeness (QED) is 0.584. The molecule has 0 aliphatic carbocycles.